The summed E-state index contributed by atoms with van der Waals surface area (Å²) in [6.07, 6.45) is 0. The summed E-state index contributed by atoms with van der Waals surface area (Å²) in [5.41, 5.74) is 0.413. The first-order chi connectivity index (χ1) is 12.5. The van der Waals surface area contributed by atoms with Gasteiger partial charge in [0.15, 0.2) is 0 Å². The van der Waals surface area contributed by atoms with E-state index >= 15 is 0 Å². The van der Waals surface area contributed by atoms with E-state index in [0.717, 1.165) is 19.2 Å². The molecule has 0 aliphatic carbocycles. The quantitative estimate of drug-likeness (QED) is 0.755. The van der Waals surface area contributed by atoms with Gasteiger partial charge in [0.25, 0.3) is 0 Å². The van der Waals surface area contributed by atoms with Crippen molar-refractivity contribution < 1.29 is 31.0 Å². The summed E-state index contributed by atoms with van der Waals surface area (Å²) in [5, 5.41) is -2.39. The minimum absolute atomic E-state index is 0.0945. The molecule has 2 rings (SSSR count). The Morgan fingerprint density at radius 1 is 1.04 bits per heavy atom. The van der Waals surface area contributed by atoms with Gasteiger partial charge in [0, 0.05) is 25.3 Å². The highest BCUT2D eigenvalue weighted by Gasteiger charge is 2.56. The number of anilines is 2. The van der Waals surface area contributed by atoms with Crippen molar-refractivity contribution in [3.05, 3.63) is 54.6 Å². The van der Waals surface area contributed by atoms with Gasteiger partial charge in [0.2, 0.25) is 5.91 Å². The topological polar surface area (TPSA) is 92.8 Å². The molecule has 0 radical (unpaired) electrons. The van der Waals surface area contributed by atoms with Gasteiger partial charge in [-0.2, -0.15) is 17.2 Å². The molecule has 144 valence electrons. The number of nitrogens with one attached hydrogen (secondary N) is 1. The molecular weight excluding hydrogens is 382 g/mol. The maximum atomic E-state index is 14.3. The zero-order chi connectivity index (χ0) is 20.2. The minimum atomic E-state index is -5.61. The van der Waals surface area contributed by atoms with Crippen LogP contribution >= 0.6 is 0 Å². The first-order valence-corrected chi connectivity index (χ1v) is 8.98. The van der Waals surface area contributed by atoms with Crippen LogP contribution in [0.3, 0.4) is 0 Å². The van der Waals surface area contributed by atoms with Crippen molar-refractivity contribution in [1.82, 2.24) is 0 Å². The van der Waals surface area contributed by atoms with E-state index in [9.17, 15) is 26.8 Å². The highest BCUT2D eigenvalue weighted by Crippen LogP contribution is 2.30. The normalized spacial score (nSPS) is 11.6. The molecule has 2 amide bonds. The van der Waals surface area contributed by atoms with Gasteiger partial charge in [0.1, 0.15) is 5.75 Å². The number of carbonyl (C=O) groups is 2. The fourth-order valence-corrected chi connectivity index (χ4v) is 2.87. The van der Waals surface area contributed by atoms with Gasteiger partial charge in [-0.3, -0.25) is 9.59 Å². The van der Waals surface area contributed by atoms with Crippen LogP contribution < -0.4 is 14.4 Å². The van der Waals surface area contributed by atoms with Crippen LogP contribution in [0.4, 0.5) is 20.2 Å². The number of amides is 2. The van der Waals surface area contributed by atoms with Gasteiger partial charge in [0.05, 0.1) is 0 Å². The third-order valence-electron chi connectivity index (χ3n) is 3.39. The van der Waals surface area contributed by atoms with Gasteiger partial charge >= 0.3 is 21.3 Å². The molecule has 0 fully saturated rings. The molecular formula is C17H16F2N2O5S. The molecule has 0 atom stereocenters. The molecule has 10 heteroatoms. The number of hydrogen-bond acceptors (Lipinski definition) is 5. The summed E-state index contributed by atoms with van der Waals surface area (Å²) in [6.45, 7) is 1.27. The monoisotopic (exact) mass is 398 g/mol. The van der Waals surface area contributed by atoms with E-state index in [1.807, 2.05) is 0 Å². The van der Waals surface area contributed by atoms with Crippen molar-refractivity contribution in [1.29, 1.82) is 0 Å². The Labute approximate surface area is 154 Å². The maximum absolute atomic E-state index is 14.3. The lowest BCUT2D eigenvalue weighted by atomic mass is 10.3. The second kappa shape index (κ2) is 7.70. The van der Waals surface area contributed by atoms with Crippen LogP contribution in [0.2, 0.25) is 0 Å². The Balaban J connectivity index is 2.20. The van der Waals surface area contributed by atoms with E-state index in [1.54, 1.807) is 6.07 Å². The second-order valence-corrected chi connectivity index (χ2v) is 7.05. The third kappa shape index (κ3) is 4.59. The number of alkyl halides is 2. The average molecular weight is 398 g/mol. The van der Waals surface area contributed by atoms with Gasteiger partial charge in [-0.1, -0.05) is 18.2 Å². The summed E-state index contributed by atoms with van der Waals surface area (Å²) in [7, 11) is -4.58. The minimum Gasteiger partial charge on any atom is -0.378 e. The van der Waals surface area contributed by atoms with Crippen LogP contribution in [-0.4, -0.2) is 32.5 Å². The highest BCUT2D eigenvalue weighted by molar-refractivity contribution is 7.89. The predicted molar refractivity (Wildman–Crippen MR) is 95.1 cm³/mol. The summed E-state index contributed by atoms with van der Waals surface area (Å²) in [5.74, 6) is -2.75. The Kier molecular flexibility index (Phi) is 5.79. The zero-order valence-electron chi connectivity index (χ0n) is 14.3. The van der Waals surface area contributed by atoms with E-state index in [2.05, 4.69) is 9.50 Å². The van der Waals surface area contributed by atoms with Crippen molar-refractivity contribution >= 4 is 33.3 Å². The molecule has 2 aromatic rings. The lowest BCUT2D eigenvalue weighted by Crippen LogP contribution is -2.48. The number of nitrogens with zero attached hydrogens (tertiary/aromatic N) is 1. The lowest BCUT2D eigenvalue weighted by Gasteiger charge is -2.23. The molecule has 0 heterocycles. The molecule has 0 unspecified atom stereocenters. The number of benzene rings is 2. The number of carbonyl (C=O) groups excluding carboxylic acids is 2. The van der Waals surface area contributed by atoms with Gasteiger partial charge in [-0.15, -0.1) is 0 Å². The summed E-state index contributed by atoms with van der Waals surface area (Å²) >= 11 is 0. The number of rotatable bonds is 6. The zero-order valence-corrected chi connectivity index (χ0v) is 15.2. The third-order valence-corrected chi connectivity index (χ3v) is 4.61. The first kappa shape index (κ1) is 20.3. The molecule has 2 aromatic carbocycles. The molecule has 0 bridgehead atoms. The van der Waals surface area contributed by atoms with Crippen LogP contribution in [0.25, 0.3) is 0 Å². The van der Waals surface area contributed by atoms with Crippen LogP contribution in [-0.2, 0) is 19.7 Å². The predicted octanol–water partition coefficient (Wildman–Crippen LogP) is 2.61. The number of hydrogen-bond donors (Lipinski definition) is 1. The summed E-state index contributed by atoms with van der Waals surface area (Å²) < 4.78 is 57.0. The lowest BCUT2D eigenvalue weighted by molar-refractivity contribution is -0.132. The van der Waals surface area contributed by atoms with Crippen LogP contribution in [0.5, 0.6) is 5.75 Å². The summed E-state index contributed by atoms with van der Waals surface area (Å²) in [4.78, 5) is 23.5. The van der Waals surface area contributed by atoms with Crippen LogP contribution in [0, 0.1) is 0 Å². The molecule has 7 nitrogen and oxygen atoms in total. The van der Waals surface area contributed by atoms with Gasteiger partial charge < -0.3 is 14.4 Å². The fourth-order valence-electron chi connectivity index (χ4n) is 2.05. The molecule has 0 saturated carbocycles. The van der Waals surface area contributed by atoms with Crippen molar-refractivity contribution in [3.8, 4) is 5.75 Å². The molecule has 0 aliphatic rings. The molecule has 27 heavy (non-hydrogen) atoms. The van der Waals surface area contributed by atoms with E-state index in [-0.39, 0.29) is 11.6 Å². The van der Waals surface area contributed by atoms with E-state index in [0.29, 0.717) is 10.6 Å². The first-order valence-electron chi connectivity index (χ1n) is 7.57. The van der Waals surface area contributed by atoms with E-state index < -0.39 is 27.0 Å². The molecule has 0 spiro atoms. The maximum Gasteiger partial charge on any atom is 0.458 e. The summed E-state index contributed by atoms with van der Waals surface area (Å²) in [6, 6.07) is 12.1. The van der Waals surface area contributed by atoms with Crippen molar-refractivity contribution in [3.63, 3.8) is 0 Å². The van der Waals surface area contributed by atoms with Gasteiger partial charge in [-0.05, 0) is 36.4 Å². The fraction of sp³-hybridized carbons (Fsp3) is 0.176. The SMILES string of the molecule is CC(=O)Nc1ccc(OS(=O)(=O)C(F)(F)C(=O)N(C)c2ccccc2)cc1. The Morgan fingerprint density at radius 2 is 1.59 bits per heavy atom. The van der Waals surface area contributed by atoms with Crippen LogP contribution in [0.15, 0.2) is 54.6 Å². The Bertz CT molecular complexity index is 932. The molecule has 0 saturated heterocycles. The molecule has 0 aliphatic heterocycles. The van der Waals surface area contributed by atoms with E-state index in [1.165, 1.54) is 43.3 Å². The molecule has 1 N–H and O–H groups in total. The standard InChI is InChI=1S/C17H16F2N2O5S/c1-12(22)20-13-8-10-15(11-9-13)26-27(24,25)17(18,19)16(23)21(2)14-6-4-3-5-7-14/h3-11H,1-2H3,(H,20,22). The molecule has 0 aromatic heterocycles. The Morgan fingerprint density at radius 3 is 2.11 bits per heavy atom. The highest BCUT2D eigenvalue weighted by atomic mass is 32.2. The largest absolute Gasteiger partial charge is 0.458 e. The number of halogens is 2. The Hall–Kier alpha value is -3.01. The number of para-hydroxylation sites is 1. The van der Waals surface area contributed by atoms with Crippen LogP contribution in [0.1, 0.15) is 6.92 Å². The second-order valence-electron chi connectivity index (χ2n) is 5.46. The average Bonchev–Trinajstić information content (AvgIpc) is 2.62. The van der Waals surface area contributed by atoms with Crippen molar-refractivity contribution in [2.24, 2.45) is 0 Å². The van der Waals surface area contributed by atoms with E-state index in [4.69, 9.17) is 0 Å². The van der Waals surface area contributed by atoms with Crippen molar-refractivity contribution in [2.45, 2.75) is 12.2 Å². The van der Waals surface area contributed by atoms with Crippen molar-refractivity contribution in [2.75, 3.05) is 17.3 Å². The smallest absolute Gasteiger partial charge is 0.378 e. The van der Waals surface area contributed by atoms with Gasteiger partial charge in [-0.25, -0.2) is 0 Å².